The molecule has 0 aromatic carbocycles. The first kappa shape index (κ1) is 10.7. The molecule has 0 heterocycles. The summed E-state index contributed by atoms with van der Waals surface area (Å²) >= 11 is 0. The highest BCUT2D eigenvalue weighted by Gasteiger charge is 2.42. The van der Waals surface area contributed by atoms with Gasteiger partial charge in [-0.15, -0.1) is 0 Å². The Morgan fingerprint density at radius 2 is 2.15 bits per heavy atom. The molecule has 0 aliphatic heterocycles. The average molecular weight is 204 g/mol. The zero-order valence-electron chi connectivity index (χ0n) is 8.33. The van der Waals surface area contributed by atoms with Gasteiger partial charge in [0.25, 0.3) is 10.1 Å². The summed E-state index contributed by atoms with van der Waals surface area (Å²) in [5.74, 6) is 0.287. The third kappa shape index (κ3) is 2.31. The molecule has 0 radical (unpaired) electrons. The first-order valence-electron chi connectivity index (χ1n) is 4.26. The van der Waals surface area contributed by atoms with Crippen LogP contribution in [-0.4, -0.2) is 21.3 Å². The summed E-state index contributed by atoms with van der Waals surface area (Å²) in [4.78, 5) is 0. The fraction of sp³-hybridized carbons (Fsp3) is 0.778. The molecule has 76 valence electrons. The zero-order valence-corrected chi connectivity index (χ0v) is 9.15. The van der Waals surface area contributed by atoms with Crippen LogP contribution in [0.1, 0.15) is 20.3 Å². The van der Waals surface area contributed by atoms with Gasteiger partial charge in [0.05, 0.1) is 12.9 Å². The molecule has 1 aliphatic rings. The molecule has 3 nitrogen and oxygen atoms in total. The van der Waals surface area contributed by atoms with Crippen molar-refractivity contribution in [2.45, 2.75) is 20.3 Å². The van der Waals surface area contributed by atoms with Gasteiger partial charge in [-0.1, -0.05) is 26.0 Å². The largest absolute Gasteiger partial charge is 0.270 e. The summed E-state index contributed by atoms with van der Waals surface area (Å²) < 4.78 is 26.2. The number of allylic oxidation sites excluding steroid dienone is 1. The van der Waals surface area contributed by atoms with E-state index < -0.39 is 10.1 Å². The zero-order chi connectivity index (χ0) is 10.3. The standard InChI is InChI=1S/C9H16O3S/c1-7-5-8(9(7,2)3)6-12-13(4,10)11/h8H,1,5-6H2,2-4H3. The van der Waals surface area contributed by atoms with Gasteiger partial charge in [-0.2, -0.15) is 8.42 Å². The molecule has 1 aliphatic carbocycles. The highest BCUT2D eigenvalue weighted by molar-refractivity contribution is 7.85. The highest BCUT2D eigenvalue weighted by Crippen LogP contribution is 2.49. The molecular formula is C9H16O3S. The van der Waals surface area contributed by atoms with Gasteiger partial charge in [0, 0.05) is 0 Å². The predicted octanol–water partition coefficient (Wildman–Crippen LogP) is 1.56. The molecule has 4 heteroatoms. The van der Waals surface area contributed by atoms with Gasteiger partial charge >= 0.3 is 0 Å². The van der Waals surface area contributed by atoms with Crippen LogP contribution < -0.4 is 0 Å². The Morgan fingerprint density at radius 1 is 1.62 bits per heavy atom. The van der Waals surface area contributed by atoms with E-state index in [1.165, 1.54) is 5.57 Å². The minimum absolute atomic E-state index is 0.0324. The summed E-state index contributed by atoms with van der Waals surface area (Å²) in [7, 11) is -3.29. The molecule has 1 atom stereocenters. The van der Waals surface area contributed by atoms with E-state index in [0.29, 0.717) is 0 Å². The van der Waals surface area contributed by atoms with Crippen molar-refractivity contribution in [1.29, 1.82) is 0 Å². The third-order valence-corrected chi connectivity index (χ3v) is 3.47. The predicted molar refractivity (Wildman–Crippen MR) is 51.8 cm³/mol. The lowest BCUT2D eigenvalue weighted by atomic mass is 9.60. The molecule has 0 amide bonds. The van der Waals surface area contributed by atoms with E-state index in [2.05, 4.69) is 20.4 Å². The molecule has 1 saturated carbocycles. The fourth-order valence-corrected chi connectivity index (χ4v) is 1.86. The van der Waals surface area contributed by atoms with Crippen molar-refractivity contribution >= 4 is 10.1 Å². The van der Waals surface area contributed by atoms with E-state index in [1.807, 2.05) is 0 Å². The van der Waals surface area contributed by atoms with Crippen LogP contribution in [0.2, 0.25) is 0 Å². The van der Waals surface area contributed by atoms with Crippen LogP contribution in [0.3, 0.4) is 0 Å². The second kappa shape index (κ2) is 3.10. The summed E-state index contributed by atoms with van der Waals surface area (Å²) in [6.45, 7) is 8.31. The van der Waals surface area contributed by atoms with E-state index in [9.17, 15) is 8.42 Å². The topological polar surface area (TPSA) is 43.4 Å². The molecule has 0 aromatic rings. The van der Waals surface area contributed by atoms with Gasteiger partial charge in [0.1, 0.15) is 0 Å². The Kier molecular flexibility index (Phi) is 2.56. The van der Waals surface area contributed by atoms with Crippen LogP contribution >= 0.6 is 0 Å². The lowest BCUT2D eigenvalue weighted by Gasteiger charge is -2.46. The van der Waals surface area contributed by atoms with Crippen molar-refractivity contribution in [2.24, 2.45) is 11.3 Å². The molecule has 1 rings (SSSR count). The molecule has 0 bridgehead atoms. The maximum Gasteiger partial charge on any atom is 0.264 e. The van der Waals surface area contributed by atoms with Crippen LogP contribution in [-0.2, 0) is 14.3 Å². The molecule has 0 saturated heterocycles. The van der Waals surface area contributed by atoms with Crippen molar-refractivity contribution in [1.82, 2.24) is 0 Å². The Bertz CT molecular complexity index is 314. The molecule has 13 heavy (non-hydrogen) atoms. The van der Waals surface area contributed by atoms with Gasteiger partial charge in [0.2, 0.25) is 0 Å². The smallest absolute Gasteiger partial charge is 0.264 e. The normalized spacial score (nSPS) is 27.0. The van der Waals surface area contributed by atoms with Crippen LogP contribution in [0.25, 0.3) is 0 Å². The summed E-state index contributed by atoms with van der Waals surface area (Å²) in [6, 6.07) is 0. The third-order valence-electron chi connectivity index (χ3n) is 2.91. The first-order valence-corrected chi connectivity index (χ1v) is 6.08. The Hall–Kier alpha value is -0.350. The van der Waals surface area contributed by atoms with Crippen molar-refractivity contribution in [2.75, 3.05) is 12.9 Å². The van der Waals surface area contributed by atoms with E-state index in [-0.39, 0.29) is 17.9 Å². The Balaban J connectivity index is 2.46. The van der Waals surface area contributed by atoms with Gasteiger partial charge in [-0.3, -0.25) is 4.18 Å². The SMILES string of the molecule is C=C1CC(COS(C)(=O)=O)C1(C)C. The molecule has 0 aromatic heterocycles. The minimum atomic E-state index is -3.29. The van der Waals surface area contributed by atoms with Gasteiger partial charge < -0.3 is 0 Å². The molecule has 1 unspecified atom stereocenters. The van der Waals surface area contributed by atoms with E-state index in [1.54, 1.807) is 0 Å². The van der Waals surface area contributed by atoms with E-state index in [0.717, 1.165) is 12.7 Å². The molecule has 0 spiro atoms. The first-order chi connectivity index (χ1) is 5.73. The highest BCUT2D eigenvalue weighted by atomic mass is 32.2. The van der Waals surface area contributed by atoms with Crippen molar-refractivity contribution in [3.05, 3.63) is 12.2 Å². The Morgan fingerprint density at radius 3 is 2.46 bits per heavy atom. The Labute approximate surface area is 79.9 Å². The number of hydrogen-bond donors (Lipinski definition) is 0. The lowest BCUT2D eigenvalue weighted by Crippen LogP contribution is -2.40. The van der Waals surface area contributed by atoms with E-state index >= 15 is 0 Å². The fourth-order valence-electron chi connectivity index (χ4n) is 1.45. The minimum Gasteiger partial charge on any atom is -0.270 e. The maximum absolute atomic E-state index is 10.7. The van der Waals surface area contributed by atoms with Gasteiger partial charge in [0.15, 0.2) is 0 Å². The van der Waals surface area contributed by atoms with Crippen LogP contribution in [0, 0.1) is 11.3 Å². The quantitative estimate of drug-likeness (QED) is 0.517. The number of hydrogen-bond acceptors (Lipinski definition) is 3. The second-order valence-corrected chi connectivity index (χ2v) is 5.86. The molecule has 0 N–H and O–H groups in total. The van der Waals surface area contributed by atoms with Crippen LogP contribution in [0.5, 0.6) is 0 Å². The molecule has 1 fully saturated rings. The van der Waals surface area contributed by atoms with Gasteiger partial charge in [-0.05, 0) is 17.8 Å². The second-order valence-electron chi connectivity index (χ2n) is 4.21. The average Bonchev–Trinajstić information content (AvgIpc) is 1.95. The lowest BCUT2D eigenvalue weighted by molar-refractivity contribution is 0.102. The summed E-state index contributed by atoms with van der Waals surface area (Å²) in [6.07, 6.45) is 1.95. The summed E-state index contributed by atoms with van der Waals surface area (Å²) in [5.41, 5.74) is 1.21. The van der Waals surface area contributed by atoms with Crippen LogP contribution in [0.15, 0.2) is 12.2 Å². The molecular weight excluding hydrogens is 188 g/mol. The van der Waals surface area contributed by atoms with Crippen molar-refractivity contribution in [3.8, 4) is 0 Å². The van der Waals surface area contributed by atoms with E-state index in [4.69, 9.17) is 4.18 Å². The van der Waals surface area contributed by atoms with Crippen LogP contribution in [0.4, 0.5) is 0 Å². The number of rotatable bonds is 3. The van der Waals surface area contributed by atoms with Crippen molar-refractivity contribution < 1.29 is 12.6 Å². The monoisotopic (exact) mass is 204 g/mol. The summed E-state index contributed by atoms with van der Waals surface area (Å²) in [5, 5.41) is 0. The van der Waals surface area contributed by atoms with Gasteiger partial charge in [-0.25, -0.2) is 0 Å². The maximum atomic E-state index is 10.7. The van der Waals surface area contributed by atoms with Crippen molar-refractivity contribution in [3.63, 3.8) is 0 Å².